The first kappa shape index (κ1) is 18.6. The van der Waals surface area contributed by atoms with Gasteiger partial charge in [0.2, 0.25) is 5.91 Å². The second kappa shape index (κ2) is 7.31. The van der Waals surface area contributed by atoms with E-state index in [1.54, 1.807) is 31.3 Å². The fraction of sp³-hybridized carbons (Fsp3) is 0.238. The van der Waals surface area contributed by atoms with E-state index >= 15 is 0 Å². The van der Waals surface area contributed by atoms with Crippen molar-refractivity contribution in [3.63, 3.8) is 0 Å². The minimum absolute atomic E-state index is 0.0647. The van der Waals surface area contributed by atoms with Crippen LogP contribution in [0.1, 0.15) is 17.9 Å². The molecular formula is C21H18BrNO5. The third-order valence-corrected chi connectivity index (χ3v) is 5.49. The number of amides is 1. The number of methoxy groups -OCH3 is 2. The van der Waals surface area contributed by atoms with Gasteiger partial charge in [0.1, 0.15) is 18.1 Å². The van der Waals surface area contributed by atoms with Crippen molar-refractivity contribution in [2.75, 3.05) is 25.7 Å². The number of benzene rings is 2. The second-order valence-electron chi connectivity index (χ2n) is 6.51. The molecule has 1 atom stereocenters. The zero-order valence-electron chi connectivity index (χ0n) is 15.4. The van der Waals surface area contributed by atoms with Crippen LogP contribution >= 0.6 is 15.9 Å². The van der Waals surface area contributed by atoms with E-state index in [0.29, 0.717) is 28.5 Å². The molecular weight excluding hydrogens is 426 g/mol. The van der Waals surface area contributed by atoms with E-state index in [-0.39, 0.29) is 18.9 Å². The van der Waals surface area contributed by atoms with Crippen molar-refractivity contribution < 1.29 is 23.8 Å². The molecule has 0 bridgehead atoms. The predicted octanol–water partition coefficient (Wildman–Crippen LogP) is 3.80. The van der Waals surface area contributed by atoms with E-state index in [1.807, 2.05) is 30.3 Å². The van der Waals surface area contributed by atoms with E-state index < -0.39 is 11.9 Å². The predicted molar refractivity (Wildman–Crippen MR) is 107 cm³/mol. The third-order valence-electron chi connectivity index (χ3n) is 5.00. The molecule has 0 aliphatic carbocycles. The summed E-state index contributed by atoms with van der Waals surface area (Å²) in [4.78, 5) is 27.3. The molecule has 6 nitrogen and oxygen atoms in total. The first-order valence-corrected chi connectivity index (χ1v) is 9.53. The van der Waals surface area contributed by atoms with Gasteiger partial charge < -0.3 is 14.2 Å². The maximum atomic E-state index is 13.1. The number of nitrogens with zero attached hydrogens (tertiary/aromatic N) is 1. The molecule has 2 aromatic carbocycles. The van der Waals surface area contributed by atoms with Crippen molar-refractivity contribution in [1.29, 1.82) is 0 Å². The van der Waals surface area contributed by atoms with E-state index in [0.717, 1.165) is 10.0 Å². The van der Waals surface area contributed by atoms with Crippen molar-refractivity contribution in [2.24, 2.45) is 0 Å². The van der Waals surface area contributed by atoms with Gasteiger partial charge in [-0.15, -0.1) is 0 Å². The van der Waals surface area contributed by atoms with Crippen LogP contribution in [0.4, 0.5) is 5.69 Å². The minimum atomic E-state index is -0.453. The maximum absolute atomic E-state index is 13.1. The normalized spacial score (nSPS) is 18.8. The summed E-state index contributed by atoms with van der Waals surface area (Å²) in [7, 11) is 3.13. The Morgan fingerprint density at radius 3 is 2.64 bits per heavy atom. The van der Waals surface area contributed by atoms with Crippen LogP contribution in [0, 0.1) is 0 Å². The molecule has 2 aromatic rings. The number of cyclic esters (lactones) is 1. The summed E-state index contributed by atoms with van der Waals surface area (Å²) in [5, 5.41) is 0. The number of rotatable bonds is 4. The fourth-order valence-electron chi connectivity index (χ4n) is 3.75. The van der Waals surface area contributed by atoms with Crippen molar-refractivity contribution in [3.8, 4) is 11.5 Å². The largest absolute Gasteiger partial charge is 0.497 e. The summed E-state index contributed by atoms with van der Waals surface area (Å²) in [5.41, 5.74) is 2.50. The summed E-state index contributed by atoms with van der Waals surface area (Å²) >= 11 is 3.43. The van der Waals surface area contributed by atoms with E-state index in [4.69, 9.17) is 14.2 Å². The van der Waals surface area contributed by atoms with Crippen LogP contribution in [0.5, 0.6) is 11.5 Å². The molecule has 0 saturated heterocycles. The Balaban J connectivity index is 1.86. The van der Waals surface area contributed by atoms with Crippen molar-refractivity contribution in [3.05, 3.63) is 63.8 Å². The highest BCUT2D eigenvalue weighted by atomic mass is 79.9. The van der Waals surface area contributed by atoms with Crippen LogP contribution in [0.25, 0.3) is 0 Å². The first-order chi connectivity index (χ1) is 13.5. The van der Waals surface area contributed by atoms with Gasteiger partial charge in [0.25, 0.3) is 0 Å². The van der Waals surface area contributed by atoms with Crippen LogP contribution < -0.4 is 14.4 Å². The number of halogens is 1. The monoisotopic (exact) mass is 443 g/mol. The number of anilines is 1. The highest BCUT2D eigenvalue weighted by molar-refractivity contribution is 9.10. The second-order valence-corrected chi connectivity index (χ2v) is 7.43. The molecule has 4 rings (SSSR count). The Kier molecular flexibility index (Phi) is 4.85. The highest BCUT2D eigenvalue weighted by Crippen LogP contribution is 2.45. The highest BCUT2D eigenvalue weighted by Gasteiger charge is 2.43. The SMILES string of the molecule is COc1ccc(OC)c([C@@H]2CC(=O)N(c3cccc(Br)c3)C3=C2C(=O)OC3)c1. The zero-order valence-corrected chi connectivity index (χ0v) is 17.0. The van der Waals surface area contributed by atoms with Gasteiger partial charge in [0.05, 0.1) is 25.5 Å². The summed E-state index contributed by atoms with van der Waals surface area (Å²) in [6.45, 7) is 0.0647. The Bertz CT molecular complexity index is 1000. The van der Waals surface area contributed by atoms with E-state index in [2.05, 4.69) is 15.9 Å². The smallest absolute Gasteiger partial charge is 0.336 e. The molecule has 0 fully saturated rings. The standard InChI is InChI=1S/C21H18BrNO5/c1-26-14-6-7-18(27-2)15(9-14)16-10-19(24)23(13-5-3-4-12(22)8-13)17-11-28-21(25)20(16)17/h3-9,16H,10-11H2,1-2H3/t16-/m0/s1. The van der Waals surface area contributed by atoms with Gasteiger partial charge in [0, 0.05) is 28.1 Å². The summed E-state index contributed by atoms with van der Waals surface area (Å²) in [6.07, 6.45) is 0.129. The molecule has 0 aromatic heterocycles. The lowest BCUT2D eigenvalue weighted by molar-refractivity contribution is -0.136. The molecule has 0 spiro atoms. The first-order valence-electron chi connectivity index (χ1n) is 8.74. The summed E-state index contributed by atoms with van der Waals surface area (Å²) in [5.74, 6) is 0.264. The molecule has 2 aliphatic rings. The number of carbonyl (C=O) groups excluding carboxylic acids is 2. The zero-order chi connectivity index (χ0) is 19.8. The average Bonchev–Trinajstić information content (AvgIpc) is 3.08. The molecule has 2 heterocycles. The molecule has 0 saturated carbocycles. The van der Waals surface area contributed by atoms with Crippen LogP contribution in [-0.4, -0.2) is 32.7 Å². The number of hydrogen-bond donors (Lipinski definition) is 0. The molecule has 28 heavy (non-hydrogen) atoms. The number of ether oxygens (including phenoxy) is 3. The lowest BCUT2D eigenvalue weighted by Crippen LogP contribution is -2.37. The van der Waals surface area contributed by atoms with Crippen LogP contribution in [-0.2, 0) is 14.3 Å². The molecule has 0 radical (unpaired) electrons. The topological polar surface area (TPSA) is 65.1 Å². The third kappa shape index (κ3) is 3.05. The van der Waals surface area contributed by atoms with Gasteiger partial charge in [-0.25, -0.2) is 4.79 Å². The van der Waals surface area contributed by atoms with Gasteiger partial charge >= 0.3 is 5.97 Å². The van der Waals surface area contributed by atoms with Gasteiger partial charge in [-0.1, -0.05) is 22.0 Å². The van der Waals surface area contributed by atoms with Gasteiger partial charge in [-0.3, -0.25) is 9.69 Å². The van der Waals surface area contributed by atoms with Crippen molar-refractivity contribution >= 4 is 33.5 Å². The number of esters is 1. The summed E-state index contributed by atoms with van der Waals surface area (Å²) < 4.78 is 17.0. The molecule has 0 unspecified atom stereocenters. The maximum Gasteiger partial charge on any atom is 0.336 e. The molecule has 7 heteroatoms. The summed E-state index contributed by atoms with van der Waals surface area (Å²) in [6, 6.07) is 12.8. The molecule has 1 amide bonds. The van der Waals surface area contributed by atoms with E-state index in [1.165, 1.54) is 0 Å². The fourth-order valence-corrected chi connectivity index (χ4v) is 4.13. The molecule has 144 valence electrons. The number of carbonyl (C=O) groups is 2. The van der Waals surface area contributed by atoms with Gasteiger partial charge in [-0.2, -0.15) is 0 Å². The van der Waals surface area contributed by atoms with Crippen molar-refractivity contribution in [2.45, 2.75) is 12.3 Å². The Labute approximate surface area is 170 Å². The Morgan fingerprint density at radius 2 is 1.93 bits per heavy atom. The quantitative estimate of drug-likeness (QED) is 0.672. The van der Waals surface area contributed by atoms with Gasteiger partial charge in [-0.05, 0) is 36.4 Å². The lowest BCUT2D eigenvalue weighted by atomic mass is 9.83. The van der Waals surface area contributed by atoms with Crippen molar-refractivity contribution in [1.82, 2.24) is 0 Å². The van der Waals surface area contributed by atoms with E-state index in [9.17, 15) is 9.59 Å². The molecule has 2 aliphatic heterocycles. The van der Waals surface area contributed by atoms with Gasteiger partial charge in [0.15, 0.2) is 0 Å². The average molecular weight is 444 g/mol. The number of hydrogen-bond acceptors (Lipinski definition) is 5. The Morgan fingerprint density at radius 1 is 1.11 bits per heavy atom. The van der Waals surface area contributed by atoms with Crippen LogP contribution in [0.2, 0.25) is 0 Å². The van der Waals surface area contributed by atoms with Crippen LogP contribution in [0.15, 0.2) is 58.2 Å². The minimum Gasteiger partial charge on any atom is -0.497 e. The van der Waals surface area contributed by atoms with Crippen LogP contribution in [0.3, 0.4) is 0 Å². The Hall–Kier alpha value is -2.80. The molecule has 0 N–H and O–H groups in total. The lowest BCUT2D eigenvalue weighted by Gasteiger charge is -2.32.